The number of hydrogen-bond donors (Lipinski definition) is 1. The van der Waals surface area contributed by atoms with Crippen LogP contribution in [0.5, 0.6) is 0 Å². The number of nitrogens with zero attached hydrogens (tertiary/aromatic N) is 4. The third-order valence-corrected chi connectivity index (χ3v) is 3.23. The zero-order valence-electron chi connectivity index (χ0n) is 11.5. The largest absolute Gasteiger partial charge is 0.399 e. The average Bonchev–Trinajstić information content (AvgIpc) is 2.97. The minimum atomic E-state index is 0.615. The predicted molar refractivity (Wildman–Crippen MR) is 80.7 cm³/mol. The third kappa shape index (κ3) is 2.47. The summed E-state index contributed by atoms with van der Waals surface area (Å²) in [7, 11) is 0. The number of aryl methyl sites for hydroxylation is 1. The molecule has 5 heteroatoms. The number of nitrogens with two attached hydrogens (primary N) is 1. The molecule has 102 valence electrons. The summed E-state index contributed by atoms with van der Waals surface area (Å²) < 4.78 is 1.69. The van der Waals surface area contributed by atoms with Gasteiger partial charge in [0.05, 0.1) is 17.3 Å². The van der Waals surface area contributed by atoms with Gasteiger partial charge in [0.2, 0.25) is 0 Å². The maximum Gasteiger partial charge on any atom is 0.181 e. The molecule has 0 saturated heterocycles. The van der Waals surface area contributed by atoms with Gasteiger partial charge in [-0.2, -0.15) is 5.26 Å². The molecule has 0 amide bonds. The summed E-state index contributed by atoms with van der Waals surface area (Å²) in [6.07, 6.45) is 1.65. The van der Waals surface area contributed by atoms with Gasteiger partial charge >= 0.3 is 0 Å². The lowest BCUT2D eigenvalue weighted by Crippen LogP contribution is -1.96. The normalized spacial score (nSPS) is 10.3. The maximum atomic E-state index is 8.96. The molecule has 1 heterocycles. The van der Waals surface area contributed by atoms with Crippen LogP contribution in [0, 0.1) is 18.3 Å². The number of rotatable bonds is 2. The van der Waals surface area contributed by atoms with Crippen LogP contribution in [-0.4, -0.2) is 14.8 Å². The molecular formula is C16H13N5. The van der Waals surface area contributed by atoms with E-state index in [0.29, 0.717) is 17.1 Å². The first kappa shape index (κ1) is 12.9. The van der Waals surface area contributed by atoms with E-state index in [4.69, 9.17) is 11.0 Å². The van der Waals surface area contributed by atoms with E-state index >= 15 is 0 Å². The molecule has 3 aromatic rings. The van der Waals surface area contributed by atoms with Crippen LogP contribution in [-0.2, 0) is 0 Å². The van der Waals surface area contributed by atoms with Gasteiger partial charge in [0, 0.05) is 11.3 Å². The Morgan fingerprint density at radius 1 is 1.19 bits per heavy atom. The minimum absolute atomic E-state index is 0.615. The van der Waals surface area contributed by atoms with Crippen molar-refractivity contribution >= 4 is 5.69 Å². The Bertz CT molecular complexity index is 842. The zero-order chi connectivity index (χ0) is 14.8. The molecule has 0 unspecified atom stereocenters. The number of anilines is 1. The van der Waals surface area contributed by atoms with Gasteiger partial charge in [0.15, 0.2) is 5.82 Å². The molecule has 0 aliphatic carbocycles. The van der Waals surface area contributed by atoms with Crippen molar-refractivity contribution in [1.82, 2.24) is 14.8 Å². The van der Waals surface area contributed by atoms with E-state index in [2.05, 4.69) is 16.2 Å². The Hall–Kier alpha value is -3.13. The van der Waals surface area contributed by atoms with Crippen LogP contribution in [0.4, 0.5) is 5.69 Å². The van der Waals surface area contributed by atoms with Crippen molar-refractivity contribution < 1.29 is 0 Å². The van der Waals surface area contributed by atoms with E-state index in [0.717, 1.165) is 16.8 Å². The van der Waals surface area contributed by atoms with Crippen LogP contribution in [0.3, 0.4) is 0 Å². The third-order valence-electron chi connectivity index (χ3n) is 3.23. The molecule has 2 N–H and O–H groups in total. The second-order valence-electron chi connectivity index (χ2n) is 4.75. The maximum absolute atomic E-state index is 8.96. The quantitative estimate of drug-likeness (QED) is 0.729. The summed E-state index contributed by atoms with van der Waals surface area (Å²) in [6, 6.07) is 15.1. The van der Waals surface area contributed by atoms with Gasteiger partial charge in [0.25, 0.3) is 0 Å². The van der Waals surface area contributed by atoms with E-state index in [9.17, 15) is 0 Å². The molecule has 1 aromatic heterocycles. The molecule has 0 aliphatic heterocycles. The molecule has 21 heavy (non-hydrogen) atoms. The minimum Gasteiger partial charge on any atom is -0.399 e. The molecule has 0 fully saturated rings. The molecule has 0 saturated carbocycles. The Balaban J connectivity index is 1.99. The van der Waals surface area contributed by atoms with Crippen molar-refractivity contribution in [1.29, 1.82) is 5.26 Å². The van der Waals surface area contributed by atoms with Crippen molar-refractivity contribution in [3.05, 3.63) is 59.9 Å². The van der Waals surface area contributed by atoms with Gasteiger partial charge < -0.3 is 5.73 Å². The van der Waals surface area contributed by atoms with Crippen LogP contribution < -0.4 is 5.73 Å². The summed E-state index contributed by atoms with van der Waals surface area (Å²) in [4.78, 5) is 4.31. The lowest BCUT2D eigenvalue weighted by Gasteiger charge is -2.03. The van der Waals surface area contributed by atoms with Gasteiger partial charge in [-0.3, -0.25) is 0 Å². The molecule has 0 spiro atoms. The molecule has 0 bridgehead atoms. The van der Waals surface area contributed by atoms with E-state index in [1.165, 1.54) is 0 Å². The SMILES string of the molecule is Cc1cc(-n2cnc(-c3cccc(N)c3)n2)ccc1C#N. The van der Waals surface area contributed by atoms with Gasteiger partial charge in [-0.25, -0.2) is 9.67 Å². The fourth-order valence-corrected chi connectivity index (χ4v) is 2.11. The number of aromatic nitrogens is 3. The summed E-state index contributed by atoms with van der Waals surface area (Å²) in [5.41, 5.74) is 9.77. The number of nitrogen functional groups attached to an aromatic ring is 1. The highest BCUT2D eigenvalue weighted by atomic mass is 15.3. The molecule has 3 rings (SSSR count). The zero-order valence-corrected chi connectivity index (χ0v) is 11.5. The smallest absolute Gasteiger partial charge is 0.181 e. The summed E-state index contributed by atoms with van der Waals surface area (Å²) in [6.45, 7) is 1.90. The second kappa shape index (κ2) is 5.10. The molecule has 0 aliphatic rings. The standard InChI is InChI=1S/C16H13N5/c1-11-7-15(6-5-13(11)9-17)21-10-19-16(20-21)12-3-2-4-14(18)8-12/h2-8,10H,18H2,1H3. The van der Waals surface area contributed by atoms with Gasteiger partial charge in [0.1, 0.15) is 6.33 Å². The highest BCUT2D eigenvalue weighted by Gasteiger charge is 2.07. The first-order valence-corrected chi connectivity index (χ1v) is 6.46. The highest BCUT2D eigenvalue weighted by molar-refractivity contribution is 5.60. The molecule has 0 atom stereocenters. The van der Waals surface area contributed by atoms with Crippen molar-refractivity contribution in [2.45, 2.75) is 6.92 Å². The summed E-state index contributed by atoms with van der Waals surface area (Å²) in [5.74, 6) is 0.615. The summed E-state index contributed by atoms with van der Waals surface area (Å²) in [5, 5.41) is 13.4. The lowest BCUT2D eigenvalue weighted by molar-refractivity contribution is 0.880. The average molecular weight is 275 g/mol. The van der Waals surface area contributed by atoms with E-state index in [1.807, 2.05) is 43.3 Å². The Kier molecular flexibility index (Phi) is 3.13. The highest BCUT2D eigenvalue weighted by Crippen LogP contribution is 2.19. The van der Waals surface area contributed by atoms with Crippen LogP contribution in [0.25, 0.3) is 17.1 Å². The van der Waals surface area contributed by atoms with Crippen molar-refractivity contribution in [3.8, 4) is 23.1 Å². The van der Waals surface area contributed by atoms with Crippen molar-refractivity contribution in [3.63, 3.8) is 0 Å². The fraction of sp³-hybridized carbons (Fsp3) is 0.0625. The Morgan fingerprint density at radius 2 is 2.05 bits per heavy atom. The van der Waals surface area contributed by atoms with Crippen molar-refractivity contribution in [2.75, 3.05) is 5.73 Å². The van der Waals surface area contributed by atoms with Gasteiger partial charge in [-0.15, -0.1) is 5.10 Å². The predicted octanol–water partition coefficient (Wildman–Crippen LogP) is 2.70. The second-order valence-corrected chi connectivity index (χ2v) is 4.75. The van der Waals surface area contributed by atoms with Crippen molar-refractivity contribution in [2.24, 2.45) is 0 Å². The van der Waals surface area contributed by atoms with E-state index < -0.39 is 0 Å². The lowest BCUT2D eigenvalue weighted by atomic mass is 10.1. The first-order chi connectivity index (χ1) is 10.2. The molecule has 2 aromatic carbocycles. The van der Waals surface area contributed by atoms with E-state index in [1.54, 1.807) is 17.1 Å². The van der Waals surface area contributed by atoms with Crippen LogP contribution >= 0.6 is 0 Å². The van der Waals surface area contributed by atoms with Crippen LogP contribution in [0.2, 0.25) is 0 Å². The summed E-state index contributed by atoms with van der Waals surface area (Å²) >= 11 is 0. The Labute approximate surface area is 122 Å². The number of benzene rings is 2. The van der Waals surface area contributed by atoms with E-state index in [-0.39, 0.29) is 0 Å². The van der Waals surface area contributed by atoms with Crippen LogP contribution in [0.15, 0.2) is 48.8 Å². The number of nitriles is 1. The van der Waals surface area contributed by atoms with Crippen LogP contribution in [0.1, 0.15) is 11.1 Å². The topological polar surface area (TPSA) is 80.5 Å². The molecule has 5 nitrogen and oxygen atoms in total. The number of hydrogen-bond acceptors (Lipinski definition) is 4. The fourth-order valence-electron chi connectivity index (χ4n) is 2.11. The van der Waals surface area contributed by atoms with Gasteiger partial charge in [-0.1, -0.05) is 12.1 Å². The van der Waals surface area contributed by atoms with Gasteiger partial charge in [-0.05, 0) is 42.8 Å². The monoisotopic (exact) mass is 275 g/mol. The first-order valence-electron chi connectivity index (χ1n) is 6.46. The molecular weight excluding hydrogens is 262 g/mol. The molecule has 0 radical (unpaired) electrons. The Morgan fingerprint density at radius 3 is 2.76 bits per heavy atom.